The van der Waals surface area contributed by atoms with E-state index in [1.54, 1.807) is 38.1 Å². The molecule has 0 aliphatic heterocycles. The Kier molecular flexibility index (Phi) is 35.1. The van der Waals surface area contributed by atoms with Gasteiger partial charge in [-0.15, -0.1) is 6.42 Å². The Bertz CT molecular complexity index is 6390. The van der Waals surface area contributed by atoms with Crippen LogP contribution in [0.2, 0.25) is 25.1 Å². The van der Waals surface area contributed by atoms with Gasteiger partial charge in [-0.25, -0.2) is 98.8 Å². The molecule has 0 saturated heterocycles. The van der Waals surface area contributed by atoms with Gasteiger partial charge in [0, 0.05) is 38.9 Å². The smallest absolute Gasteiger partial charge is 0.387 e. The van der Waals surface area contributed by atoms with Crippen LogP contribution in [0.1, 0.15) is 79.6 Å². The topological polar surface area (TPSA) is 456 Å². The summed E-state index contributed by atoms with van der Waals surface area (Å²) in [7, 11) is 4.74. The van der Waals surface area contributed by atoms with E-state index in [1.165, 1.54) is 94.1 Å². The van der Waals surface area contributed by atoms with Crippen molar-refractivity contribution in [1.82, 2.24) is 34.9 Å². The van der Waals surface area contributed by atoms with Crippen molar-refractivity contribution in [2.24, 2.45) is 0 Å². The summed E-state index contributed by atoms with van der Waals surface area (Å²) in [5.41, 5.74) is 33.3. The maximum atomic E-state index is 14.2. The molecule has 0 bridgehead atoms. The van der Waals surface area contributed by atoms with Crippen molar-refractivity contribution in [2.45, 2.75) is 20.5 Å². The summed E-state index contributed by atoms with van der Waals surface area (Å²) in [6.45, 7) is 0.483. The summed E-state index contributed by atoms with van der Waals surface area (Å²) in [5, 5.41) is 25.9. The monoisotopic (exact) mass is 2100 g/mol. The quantitative estimate of drug-likeness (QED) is 0.0151. The lowest BCUT2D eigenvalue weighted by Crippen LogP contribution is -2.11. The molecular weight excluding hydrogens is 2050 g/mol. The van der Waals surface area contributed by atoms with Crippen molar-refractivity contribution >= 4 is 192 Å². The molecule has 0 spiro atoms. The van der Waals surface area contributed by atoms with Gasteiger partial charge in [0.15, 0.2) is 74.8 Å². The van der Waals surface area contributed by atoms with Gasteiger partial charge in [-0.05, 0) is 192 Å². The molecule has 0 atom stereocenters. The average molecular weight is 2110 g/mol. The molecule has 0 amide bonds. The van der Waals surface area contributed by atoms with Crippen LogP contribution in [0.4, 0.5) is 78.2 Å². The van der Waals surface area contributed by atoms with E-state index in [4.69, 9.17) is 119 Å². The van der Waals surface area contributed by atoms with Crippen LogP contribution < -0.4 is 43.9 Å². The predicted molar refractivity (Wildman–Crippen MR) is 463 cm³/mol. The third-order valence-electron chi connectivity index (χ3n) is 16.5. The number of ether oxygens (including phenoxy) is 5. The second-order valence-electron chi connectivity index (χ2n) is 24.3. The minimum Gasteiger partial charge on any atom is -0.491 e. The third kappa shape index (κ3) is 23.6. The number of carboxylic acids is 3. The minimum absolute atomic E-state index is 0.00657. The lowest BCUT2D eigenvalue weighted by Gasteiger charge is -2.13. The van der Waals surface area contributed by atoms with E-state index in [1.807, 2.05) is 0 Å². The van der Waals surface area contributed by atoms with E-state index in [-0.39, 0.29) is 104 Å². The van der Waals surface area contributed by atoms with Crippen LogP contribution in [0.5, 0.6) is 11.5 Å². The van der Waals surface area contributed by atoms with Gasteiger partial charge in [0.1, 0.15) is 40.4 Å². The standard InChI is InChI=1S/C15H13ClF2N2O3.C14H11BrClFN2O2.C14H7ClF2N2O2.C13H7BrClF3N2O2.C12H7BrClFN2O2.C12H9BrFN3O3/c1-7-11(19)10(16)13(14(21)22-2)20-12(7)8-3-5-9(6-4-8)23-15(17)18;1-6-11(18)10(16)13(14(20)21-2)19-12(6)7-3-4-8(15)9(17)5-7;1-2-6-3-4-7(8(16)5-6)12-10(17)11(18)9(15)13(19-12)14(20)21;1-22-13(21)12-6(15)10(19)9(18)11(20-12)4-2-3-5(14)8(17)7(4)16;13-6-2-1-5(3-7(6)15)9-4-8(16)10(14)11(17-9)12(18)19;1-20-9-8(12(18)19)16-11(17-10(9)15)5-2-3-6(13)7(14)4-5/h3-6,15H,1-2H3,(H2,19,20);3-5H,1-2H3,(H2,18,19);1,3-5H,(H2,18,19)(H,20,21);2-3H,1H3,(H2,19,20);1-4H,(H2,16,17)(H,18,19);2-4H,1H3,(H,18,19)(H2,15,16,17). The van der Waals surface area contributed by atoms with Crippen LogP contribution in [0.15, 0.2) is 133 Å². The van der Waals surface area contributed by atoms with Crippen molar-refractivity contribution in [1.29, 1.82) is 0 Å². The molecule has 15 N–H and O–H groups in total. The number of methoxy groups -OCH3 is 4. The van der Waals surface area contributed by atoms with Gasteiger partial charge in [-0.3, -0.25) is 0 Å². The number of carbonyl (C=O) groups is 6. The maximum absolute atomic E-state index is 14.2. The number of anilines is 6. The van der Waals surface area contributed by atoms with Gasteiger partial charge in [0.05, 0.1) is 117 Å². The van der Waals surface area contributed by atoms with Gasteiger partial charge in [-0.2, -0.15) is 8.78 Å². The number of esters is 3. The third-order valence-corrected chi connectivity index (χ3v) is 21.0. The second-order valence-corrected chi connectivity index (χ2v) is 29.6. The zero-order valence-corrected chi connectivity index (χ0v) is 74.4. The molecule has 0 fully saturated rings. The number of rotatable bonds is 15. The van der Waals surface area contributed by atoms with E-state index in [9.17, 15) is 72.7 Å². The average Bonchev–Trinajstić information content (AvgIpc) is 0.785. The van der Waals surface area contributed by atoms with E-state index in [0.717, 1.165) is 25.3 Å². The number of aromatic carboxylic acids is 3. The van der Waals surface area contributed by atoms with Crippen molar-refractivity contribution < 1.29 is 112 Å². The highest BCUT2D eigenvalue weighted by Crippen LogP contribution is 2.41. The first-order chi connectivity index (χ1) is 59.2. The number of hydrogen-bond donors (Lipinski definition) is 9. The number of alkyl halides is 2. The first kappa shape index (κ1) is 101. The Morgan fingerprint density at radius 3 is 1.25 bits per heavy atom. The number of terminal acetylenes is 1. The summed E-state index contributed by atoms with van der Waals surface area (Å²) in [4.78, 5) is 95.3. The molecule has 0 saturated carbocycles. The fourth-order valence-electron chi connectivity index (χ4n) is 10.2. The predicted octanol–water partition coefficient (Wildman–Crippen LogP) is 20.5. The first-order valence-corrected chi connectivity index (χ1v) is 38.9. The number of carbonyl (C=O) groups excluding carboxylic acids is 3. The highest BCUT2D eigenvalue weighted by atomic mass is 79.9. The number of nitrogens with zero attached hydrogens (tertiary/aromatic N) is 7. The Hall–Kier alpha value is -12.4. The van der Waals surface area contributed by atoms with Crippen molar-refractivity contribution in [3.8, 4) is 91.5 Å². The summed E-state index contributed by atoms with van der Waals surface area (Å²) < 4.78 is 158. The number of pyridine rings is 5. The SMILES string of the molecule is C#Cc1ccc(-c2nc(C(=O)O)c(Cl)c(N)c2F)c(F)c1.COC(=O)c1nc(-c2ccc(Br)c(F)c2)c(C)c(N)c1Cl.COC(=O)c1nc(-c2ccc(Br)c(F)c2F)c(F)c(N)c1Cl.COC(=O)c1nc(-c2ccc(OC(F)F)cc2)c(C)c(N)c1Cl.COc1c(N)nc(-c2ccc(Br)c(F)c2)nc1C(=O)O.Nc1cc(-c2ccc(Br)c(F)c2)nc(C(=O)O)c1Cl. The summed E-state index contributed by atoms with van der Waals surface area (Å²) >= 11 is 41.1. The van der Waals surface area contributed by atoms with Gasteiger partial charge < -0.3 is 73.4 Å². The number of nitrogens with two attached hydrogens (primary N) is 6. The van der Waals surface area contributed by atoms with Crippen LogP contribution in [0.25, 0.3) is 67.7 Å². The summed E-state index contributed by atoms with van der Waals surface area (Å²) in [6.07, 6.45) is 5.12. The van der Waals surface area contributed by atoms with Gasteiger partial charge in [0.25, 0.3) is 0 Å². The molecule has 0 radical (unpaired) electrons. The molecule has 12 aromatic rings. The highest BCUT2D eigenvalue weighted by molar-refractivity contribution is 9.11. The van der Waals surface area contributed by atoms with Gasteiger partial charge >= 0.3 is 42.4 Å². The normalized spacial score (nSPS) is 10.5. The maximum Gasteiger partial charge on any atom is 0.387 e. The molecule has 0 aliphatic rings. The summed E-state index contributed by atoms with van der Waals surface area (Å²) in [6, 6.07) is 26.0. The molecule has 0 unspecified atom stereocenters. The lowest BCUT2D eigenvalue weighted by atomic mass is 10.0. The molecular formula is C80H54Br4Cl5F10N13O14. The fourth-order valence-corrected chi connectivity index (χ4v) is 12.4. The van der Waals surface area contributed by atoms with E-state index in [0.29, 0.717) is 53.7 Å². The summed E-state index contributed by atoms with van der Waals surface area (Å²) in [5.74, 6) is -11.7. The van der Waals surface area contributed by atoms with E-state index >= 15 is 0 Å². The molecule has 0 aliphatic carbocycles. The number of benzene rings is 6. The van der Waals surface area contributed by atoms with Crippen LogP contribution in [0.3, 0.4) is 0 Å². The Balaban J connectivity index is 0.000000208. The highest BCUT2D eigenvalue weighted by Gasteiger charge is 2.30. The molecule has 6 aromatic carbocycles. The Labute approximate surface area is 763 Å². The Morgan fingerprint density at radius 1 is 0.413 bits per heavy atom. The first-order valence-electron chi connectivity index (χ1n) is 33.8. The van der Waals surface area contributed by atoms with Crippen LogP contribution in [-0.4, -0.2) is 121 Å². The zero-order valence-electron chi connectivity index (χ0n) is 64.2. The van der Waals surface area contributed by atoms with Gasteiger partial charge in [0.2, 0.25) is 0 Å². The second kappa shape index (κ2) is 44.0. The largest absolute Gasteiger partial charge is 0.491 e. The fraction of sp³-hybridized carbons (Fsp3) is 0.0875. The number of halogens is 19. The number of carboxylic acid groups (broad SMARTS) is 3. The van der Waals surface area contributed by atoms with Gasteiger partial charge in [-0.1, -0.05) is 76.1 Å². The lowest BCUT2D eigenvalue weighted by molar-refractivity contribution is -0.0498. The molecule has 6 aromatic heterocycles. The number of nitrogen functional groups attached to an aromatic ring is 6. The molecule has 46 heteroatoms. The van der Waals surface area contributed by atoms with Crippen molar-refractivity contribution in [3.05, 3.63) is 256 Å². The zero-order chi connectivity index (χ0) is 94.2. The van der Waals surface area contributed by atoms with E-state index in [2.05, 4.69) is 123 Å². The van der Waals surface area contributed by atoms with Crippen molar-refractivity contribution in [2.75, 3.05) is 62.8 Å². The number of aromatic nitrogens is 7. The van der Waals surface area contributed by atoms with E-state index < -0.39 is 139 Å². The molecule has 656 valence electrons. The molecule has 126 heavy (non-hydrogen) atoms. The van der Waals surface area contributed by atoms with Crippen LogP contribution >= 0.6 is 122 Å². The molecule has 12 rings (SSSR count). The molecule has 27 nitrogen and oxygen atoms in total. The van der Waals surface area contributed by atoms with Crippen LogP contribution in [-0.2, 0) is 14.2 Å². The van der Waals surface area contributed by atoms with Crippen molar-refractivity contribution in [3.63, 3.8) is 0 Å². The van der Waals surface area contributed by atoms with Crippen LogP contribution in [0, 0.1) is 72.7 Å². The Morgan fingerprint density at radius 2 is 0.802 bits per heavy atom. The number of hydrogen-bond acceptors (Lipinski definition) is 24. The molecule has 6 heterocycles. The minimum atomic E-state index is -2.90.